The van der Waals surface area contributed by atoms with Gasteiger partial charge in [-0.2, -0.15) is 5.10 Å². The van der Waals surface area contributed by atoms with Crippen LogP contribution in [0, 0.1) is 0 Å². The summed E-state index contributed by atoms with van der Waals surface area (Å²) < 4.78 is 8.79. The lowest BCUT2D eigenvalue weighted by molar-refractivity contribution is -0.125. The standard InChI is InChI=1S/C23H34N6O3/c1-2-29-23(31)28-15-16-32-20(22(28)25-29)17-21(30)24-9-6-10-26-11-13-27(14-12-26)18-19-7-4-3-5-8-19/h3-5,7-8,20H,2,6,9-18H2,1H3,(H,24,30). The Kier molecular flexibility index (Phi) is 7.72. The van der Waals surface area contributed by atoms with Crippen molar-refractivity contribution in [3.05, 3.63) is 52.2 Å². The molecule has 3 heterocycles. The minimum Gasteiger partial charge on any atom is -0.368 e. The first-order chi connectivity index (χ1) is 15.6. The highest BCUT2D eigenvalue weighted by Gasteiger charge is 2.28. The molecule has 0 bridgehead atoms. The van der Waals surface area contributed by atoms with Crippen LogP contribution in [0.4, 0.5) is 0 Å². The van der Waals surface area contributed by atoms with Gasteiger partial charge in [-0.1, -0.05) is 30.3 Å². The van der Waals surface area contributed by atoms with E-state index in [2.05, 4.69) is 50.5 Å². The van der Waals surface area contributed by atoms with E-state index < -0.39 is 6.10 Å². The highest BCUT2D eigenvalue weighted by molar-refractivity contribution is 5.76. The summed E-state index contributed by atoms with van der Waals surface area (Å²) in [5.74, 6) is 0.501. The van der Waals surface area contributed by atoms with Crippen LogP contribution in [0.15, 0.2) is 35.1 Å². The zero-order valence-corrected chi connectivity index (χ0v) is 18.9. The Labute approximate surface area is 188 Å². The number of carbonyl (C=O) groups is 1. The fourth-order valence-electron chi connectivity index (χ4n) is 4.41. The van der Waals surface area contributed by atoms with Crippen LogP contribution >= 0.6 is 0 Å². The molecule has 1 amide bonds. The van der Waals surface area contributed by atoms with Gasteiger partial charge in [0.15, 0.2) is 5.82 Å². The monoisotopic (exact) mass is 442 g/mol. The second kappa shape index (κ2) is 10.9. The number of benzene rings is 1. The molecule has 1 fully saturated rings. The molecule has 0 radical (unpaired) electrons. The molecule has 0 aliphatic carbocycles. The van der Waals surface area contributed by atoms with Gasteiger partial charge in [0.25, 0.3) is 0 Å². The number of carbonyl (C=O) groups excluding carboxylic acids is 1. The topological polar surface area (TPSA) is 84.6 Å². The number of aryl methyl sites for hydroxylation is 1. The number of aromatic nitrogens is 3. The van der Waals surface area contributed by atoms with Crippen LogP contribution < -0.4 is 11.0 Å². The van der Waals surface area contributed by atoms with Crippen molar-refractivity contribution in [1.82, 2.24) is 29.5 Å². The number of rotatable bonds is 9. The lowest BCUT2D eigenvalue weighted by Crippen LogP contribution is -2.46. The average Bonchev–Trinajstić information content (AvgIpc) is 3.15. The van der Waals surface area contributed by atoms with E-state index in [0.29, 0.717) is 32.1 Å². The highest BCUT2D eigenvalue weighted by atomic mass is 16.5. The van der Waals surface area contributed by atoms with Crippen LogP contribution in [-0.2, 0) is 29.2 Å². The van der Waals surface area contributed by atoms with Crippen molar-refractivity contribution in [3.63, 3.8) is 0 Å². The molecule has 2 aliphatic heterocycles. The molecule has 1 saturated heterocycles. The summed E-state index contributed by atoms with van der Waals surface area (Å²) in [5, 5.41) is 7.34. The van der Waals surface area contributed by atoms with Gasteiger partial charge in [0.2, 0.25) is 5.91 Å². The van der Waals surface area contributed by atoms with Crippen LogP contribution in [0.1, 0.15) is 37.3 Å². The average molecular weight is 443 g/mol. The van der Waals surface area contributed by atoms with Gasteiger partial charge in [-0.15, -0.1) is 0 Å². The molecule has 1 N–H and O–H groups in total. The number of amides is 1. The van der Waals surface area contributed by atoms with E-state index in [1.54, 1.807) is 4.57 Å². The van der Waals surface area contributed by atoms with Gasteiger partial charge in [-0.05, 0) is 25.5 Å². The second-order valence-electron chi connectivity index (χ2n) is 8.48. The molecule has 1 atom stereocenters. The molecule has 4 rings (SSSR count). The molecule has 9 heteroatoms. The smallest absolute Gasteiger partial charge is 0.346 e. The lowest BCUT2D eigenvalue weighted by Gasteiger charge is -2.34. The summed E-state index contributed by atoms with van der Waals surface area (Å²) in [5.41, 5.74) is 1.24. The van der Waals surface area contributed by atoms with Gasteiger partial charge in [-0.3, -0.25) is 14.3 Å². The Morgan fingerprint density at radius 1 is 1.12 bits per heavy atom. The Bertz CT molecular complexity index is 933. The van der Waals surface area contributed by atoms with E-state index >= 15 is 0 Å². The van der Waals surface area contributed by atoms with Gasteiger partial charge in [0.1, 0.15) is 6.10 Å². The second-order valence-corrected chi connectivity index (χ2v) is 8.48. The molecule has 32 heavy (non-hydrogen) atoms. The van der Waals surface area contributed by atoms with Crippen molar-refractivity contribution < 1.29 is 9.53 Å². The van der Waals surface area contributed by atoms with Crippen molar-refractivity contribution in [2.24, 2.45) is 0 Å². The molecule has 2 aromatic rings. The van der Waals surface area contributed by atoms with Crippen LogP contribution in [0.5, 0.6) is 0 Å². The first-order valence-corrected chi connectivity index (χ1v) is 11.7. The van der Waals surface area contributed by atoms with Crippen molar-refractivity contribution in [2.45, 2.75) is 45.5 Å². The fraction of sp³-hybridized carbons (Fsp3) is 0.609. The zero-order chi connectivity index (χ0) is 22.3. The third-order valence-electron chi connectivity index (χ3n) is 6.23. The molecule has 1 aromatic heterocycles. The van der Waals surface area contributed by atoms with E-state index in [1.165, 1.54) is 10.2 Å². The van der Waals surface area contributed by atoms with Crippen LogP contribution in [0.2, 0.25) is 0 Å². The molecule has 1 aromatic carbocycles. The molecule has 0 spiro atoms. The van der Waals surface area contributed by atoms with Crippen LogP contribution in [0.25, 0.3) is 0 Å². The minimum absolute atomic E-state index is 0.0605. The Morgan fingerprint density at radius 3 is 2.62 bits per heavy atom. The van der Waals surface area contributed by atoms with Gasteiger partial charge in [0.05, 0.1) is 19.6 Å². The summed E-state index contributed by atoms with van der Waals surface area (Å²) in [6, 6.07) is 10.6. The molecule has 0 saturated carbocycles. The molecule has 174 valence electrons. The number of nitrogens with one attached hydrogen (secondary N) is 1. The summed E-state index contributed by atoms with van der Waals surface area (Å²) in [6.45, 7) is 10.2. The fourth-order valence-corrected chi connectivity index (χ4v) is 4.41. The Hall–Kier alpha value is -2.49. The Balaban J connectivity index is 1.14. The SMILES string of the molecule is CCn1nc2n(c1=O)CCOC2CC(=O)NCCCN1CCN(Cc2ccccc2)CC1. The number of piperazine rings is 1. The minimum atomic E-state index is -0.457. The van der Waals surface area contributed by atoms with E-state index in [1.807, 2.05) is 6.92 Å². The quantitative estimate of drug-likeness (QED) is 0.580. The number of fused-ring (bicyclic) bond motifs is 1. The largest absolute Gasteiger partial charge is 0.368 e. The maximum Gasteiger partial charge on any atom is 0.346 e. The molecule has 9 nitrogen and oxygen atoms in total. The van der Waals surface area contributed by atoms with Crippen LogP contribution in [-0.4, -0.2) is 75.9 Å². The first-order valence-electron chi connectivity index (χ1n) is 11.7. The predicted molar refractivity (Wildman–Crippen MR) is 121 cm³/mol. The van der Waals surface area contributed by atoms with Crippen molar-refractivity contribution in [1.29, 1.82) is 0 Å². The number of nitrogens with zero attached hydrogens (tertiary/aromatic N) is 5. The van der Waals surface area contributed by atoms with Gasteiger partial charge < -0.3 is 15.0 Å². The van der Waals surface area contributed by atoms with E-state index in [0.717, 1.165) is 45.7 Å². The molecular formula is C23H34N6O3. The lowest BCUT2D eigenvalue weighted by atomic mass is 10.2. The first kappa shape index (κ1) is 22.7. The van der Waals surface area contributed by atoms with Gasteiger partial charge in [-0.25, -0.2) is 9.48 Å². The molecular weight excluding hydrogens is 408 g/mol. The van der Waals surface area contributed by atoms with E-state index in [4.69, 9.17) is 4.74 Å². The highest BCUT2D eigenvalue weighted by Crippen LogP contribution is 2.22. The Morgan fingerprint density at radius 2 is 1.88 bits per heavy atom. The predicted octanol–water partition coefficient (Wildman–Crippen LogP) is 0.850. The summed E-state index contributed by atoms with van der Waals surface area (Å²) in [7, 11) is 0. The molecule has 2 aliphatic rings. The number of hydrogen-bond acceptors (Lipinski definition) is 6. The zero-order valence-electron chi connectivity index (χ0n) is 18.9. The molecule has 1 unspecified atom stereocenters. The van der Waals surface area contributed by atoms with E-state index in [9.17, 15) is 9.59 Å². The summed E-state index contributed by atoms with van der Waals surface area (Å²) in [4.78, 5) is 29.6. The van der Waals surface area contributed by atoms with Crippen molar-refractivity contribution in [3.8, 4) is 0 Å². The summed E-state index contributed by atoms with van der Waals surface area (Å²) in [6.07, 6.45) is 0.658. The van der Waals surface area contributed by atoms with Crippen molar-refractivity contribution >= 4 is 5.91 Å². The maximum absolute atomic E-state index is 12.4. The maximum atomic E-state index is 12.4. The van der Waals surface area contributed by atoms with Crippen molar-refractivity contribution in [2.75, 3.05) is 45.9 Å². The van der Waals surface area contributed by atoms with Gasteiger partial charge >= 0.3 is 5.69 Å². The number of hydrogen-bond donors (Lipinski definition) is 1. The third kappa shape index (κ3) is 5.65. The normalized spacial score (nSPS) is 19.6. The van der Waals surface area contributed by atoms with Gasteiger partial charge in [0, 0.05) is 45.8 Å². The third-order valence-corrected chi connectivity index (χ3v) is 6.23. The number of ether oxygens (including phenoxy) is 1. The summed E-state index contributed by atoms with van der Waals surface area (Å²) >= 11 is 0. The van der Waals surface area contributed by atoms with Crippen LogP contribution in [0.3, 0.4) is 0 Å². The van der Waals surface area contributed by atoms with E-state index in [-0.39, 0.29) is 18.0 Å².